The second-order valence-electron chi connectivity index (χ2n) is 5.34. The van der Waals surface area contributed by atoms with Crippen molar-refractivity contribution < 1.29 is 9.50 Å². The summed E-state index contributed by atoms with van der Waals surface area (Å²) < 4.78 is 13.7. The van der Waals surface area contributed by atoms with Crippen molar-refractivity contribution in [2.75, 3.05) is 0 Å². The highest BCUT2D eigenvalue weighted by Gasteiger charge is 2.55. The average Bonchev–Trinajstić information content (AvgIpc) is 2.77. The van der Waals surface area contributed by atoms with Gasteiger partial charge in [0.25, 0.3) is 0 Å². The number of fused-ring (bicyclic) bond motifs is 1. The molecular formula is C14H16BrFO. The maximum Gasteiger partial charge on any atom is 0.124 e. The Morgan fingerprint density at radius 2 is 2.06 bits per heavy atom. The summed E-state index contributed by atoms with van der Waals surface area (Å²) in [5.74, 6) is 1.80. The minimum Gasteiger partial charge on any atom is -0.392 e. The van der Waals surface area contributed by atoms with E-state index in [2.05, 4.69) is 15.9 Å². The molecule has 3 unspecified atom stereocenters. The van der Waals surface area contributed by atoms with Gasteiger partial charge in [-0.1, -0.05) is 28.4 Å². The van der Waals surface area contributed by atoms with Gasteiger partial charge in [-0.15, -0.1) is 0 Å². The van der Waals surface area contributed by atoms with Crippen LogP contribution in [0.5, 0.6) is 0 Å². The van der Waals surface area contributed by atoms with Crippen LogP contribution in [-0.2, 0) is 6.42 Å². The second kappa shape index (κ2) is 4.36. The van der Waals surface area contributed by atoms with Crippen LogP contribution < -0.4 is 0 Å². The van der Waals surface area contributed by atoms with E-state index in [9.17, 15) is 9.50 Å². The van der Waals surface area contributed by atoms with Crippen molar-refractivity contribution in [1.29, 1.82) is 0 Å². The topological polar surface area (TPSA) is 20.2 Å². The first kappa shape index (κ1) is 11.7. The number of rotatable bonds is 3. The normalized spacial score (nSPS) is 32.3. The predicted octanol–water partition coefficient (Wildman–Crippen LogP) is 3.54. The lowest BCUT2D eigenvalue weighted by Gasteiger charge is -2.13. The van der Waals surface area contributed by atoms with Gasteiger partial charge < -0.3 is 5.11 Å². The first-order valence-electron chi connectivity index (χ1n) is 6.29. The molecule has 17 heavy (non-hydrogen) atoms. The van der Waals surface area contributed by atoms with Crippen molar-refractivity contribution in [2.45, 2.75) is 31.8 Å². The van der Waals surface area contributed by atoms with Gasteiger partial charge in [0.15, 0.2) is 0 Å². The Morgan fingerprint density at radius 3 is 2.71 bits per heavy atom. The molecule has 1 nitrogen and oxygen atoms in total. The molecular weight excluding hydrogens is 283 g/mol. The molecule has 3 atom stereocenters. The minimum absolute atomic E-state index is 0.238. The van der Waals surface area contributed by atoms with Gasteiger partial charge in [0.05, 0.1) is 6.10 Å². The van der Waals surface area contributed by atoms with Gasteiger partial charge in [0.2, 0.25) is 0 Å². The monoisotopic (exact) mass is 298 g/mol. The summed E-state index contributed by atoms with van der Waals surface area (Å²) in [5.41, 5.74) is 1.00. The van der Waals surface area contributed by atoms with Crippen LogP contribution in [0, 0.1) is 23.6 Å². The molecule has 1 aromatic rings. The number of hydrogen-bond acceptors (Lipinski definition) is 1. The molecule has 0 aliphatic heterocycles. The second-order valence-corrected chi connectivity index (χ2v) is 6.20. The van der Waals surface area contributed by atoms with Gasteiger partial charge in [-0.2, -0.15) is 0 Å². The third-order valence-electron chi connectivity index (χ3n) is 4.36. The van der Waals surface area contributed by atoms with E-state index in [0.29, 0.717) is 12.3 Å². The van der Waals surface area contributed by atoms with Crippen LogP contribution in [0.4, 0.5) is 4.39 Å². The quantitative estimate of drug-likeness (QED) is 0.905. The Balaban J connectivity index is 1.66. The average molecular weight is 299 g/mol. The highest BCUT2D eigenvalue weighted by atomic mass is 79.9. The molecule has 3 heteroatoms. The fraction of sp³-hybridized carbons (Fsp3) is 0.571. The van der Waals surface area contributed by atoms with E-state index in [0.717, 1.165) is 21.9 Å². The summed E-state index contributed by atoms with van der Waals surface area (Å²) in [6, 6.07) is 4.69. The molecule has 0 heterocycles. The number of aliphatic hydroxyl groups is 1. The zero-order valence-electron chi connectivity index (χ0n) is 9.57. The van der Waals surface area contributed by atoms with Gasteiger partial charge in [-0.3, -0.25) is 0 Å². The fourth-order valence-corrected chi connectivity index (χ4v) is 4.01. The van der Waals surface area contributed by atoms with Crippen LogP contribution in [0.3, 0.4) is 0 Å². The summed E-state index contributed by atoms with van der Waals surface area (Å²) in [6.45, 7) is 0. The van der Waals surface area contributed by atoms with Gasteiger partial charge in [-0.05, 0) is 54.7 Å². The summed E-state index contributed by atoms with van der Waals surface area (Å²) in [5, 5.41) is 10.2. The first-order valence-corrected chi connectivity index (χ1v) is 7.08. The molecule has 1 aromatic carbocycles. The molecule has 3 rings (SSSR count). The summed E-state index contributed by atoms with van der Waals surface area (Å²) >= 11 is 3.36. The standard InChI is InChI=1S/C14H16BrFO/c15-12-7-9(16)5-4-8(12)6-13(17)14-10-2-1-3-11(10)14/h4-5,7,10-11,13-14,17H,1-3,6H2. The largest absolute Gasteiger partial charge is 0.392 e. The van der Waals surface area contributed by atoms with E-state index in [-0.39, 0.29) is 11.9 Å². The van der Waals surface area contributed by atoms with E-state index in [1.165, 1.54) is 31.4 Å². The lowest BCUT2D eigenvalue weighted by molar-refractivity contribution is 0.135. The van der Waals surface area contributed by atoms with Crippen molar-refractivity contribution in [1.82, 2.24) is 0 Å². The van der Waals surface area contributed by atoms with Gasteiger partial charge in [-0.25, -0.2) is 4.39 Å². The zero-order chi connectivity index (χ0) is 12.0. The number of halogens is 2. The number of hydrogen-bond donors (Lipinski definition) is 1. The first-order chi connectivity index (χ1) is 8.16. The molecule has 0 aromatic heterocycles. The van der Waals surface area contributed by atoms with Crippen LogP contribution in [0.1, 0.15) is 24.8 Å². The van der Waals surface area contributed by atoms with Crippen molar-refractivity contribution >= 4 is 15.9 Å². The fourth-order valence-electron chi connectivity index (χ4n) is 3.50. The molecule has 0 bridgehead atoms. The van der Waals surface area contributed by atoms with Gasteiger partial charge in [0.1, 0.15) is 5.82 Å². The maximum absolute atomic E-state index is 13.0. The zero-order valence-corrected chi connectivity index (χ0v) is 11.2. The highest BCUT2D eigenvalue weighted by Crippen LogP contribution is 2.59. The van der Waals surface area contributed by atoms with Crippen LogP contribution in [-0.4, -0.2) is 11.2 Å². The Hall–Kier alpha value is -0.410. The molecule has 0 saturated heterocycles. The van der Waals surface area contributed by atoms with Crippen molar-refractivity contribution in [3.05, 3.63) is 34.1 Å². The van der Waals surface area contributed by atoms with Crippen molar-refractivity contribution in [3.63, 3.8) is 0 Å². The van der Waals surface area contributed by atoms with E-state index in [1.54, 1.807) is 6.07 Å². The molecule has 92 valence electrons. The third kappa shape index (κ3) is 2.15. The molecule has 1 N–H and O–H groups in total. The lowest BCUT2D eigenvalue weighted by Crippen LogP contribution is -2.16. The Labute approximate surface area is 109 Å². The predicted molar refractivity (Wildman–Crippen MR) is 68.1 cm³/mol. The molecule has 2 fully saturated rings. The molecule has 0 spiro atoms. The van der Waals surface area contributed by atoms with Crippen LogP contribution in [0.15, 0.2) is 22.7 Å². The summed E-state index contributed by atoms with van der Waals surface area (Å²) in [6.07, 6.45) is 4.29. The number of aliphatic hydroxyl groups excluding tert-OH is 1. The van der Waals surface area contributed by atoms with E-state index >= 15 is 0 Å². The third-order valence-corrected chi connectivity index (χ3v) is 5.10. The van der Waals surface area contributed by atoms with E-state index in [1.807, 2.05) is 0 Å². The molecule has 0 amide bonds. The molecule has 2 aliphatic rings. The Bertz CT molecular complexity index is 424. The SMILES string of the molecule is OC(Cc1ccc(F)cc1Br)C1C2CCCC21. The Kier molecular flexibility index (Phi) is 2.99. The van der Waals surface area contributed by atoms with Gasteiger partial charge >= 0.3 is 0 Å². The van der Waals surface area contributed by atoms with E-state index in [4.69, 9.17) is 0 Å². The van der Waals surface area contributed by atoms with Crippen LogP contribution >= 0.6 is 15.9 Å². The van der Waals surface area contributed by atoms with Crippen LogP contribution in [0.2, 0.25) is 0 Å². The van der Waals surface area contributed by atoms with Crippen LogP contribution in [0.25, 0.3) is 0 Å². The molecule has 2 saturated carbocycles. The summed E-state index contributed by atoms with van der Waals surface area (Å²) in [4.78, 5) is 0. The number of benzene rings is 1. The molecule has 2 aliphatic carbocycles. The minimum atomic E-state index is -0.257. The Morgan fingerprint density at radius 1 is 1.35 bits per heavy atom. The lowest BCUT2D eigenvalue weighted by atomic mass is 10.00. The van der Waals surface area contributed by atoms with Gasteiger partial charge in [0, 0.05) is 4.47 Å². The smallest absolute Gasteiger partial charge is 0.124 e. The molecule has 0 radical (unpaired) electrons. The maximum atomic E-state index is 13.0. The van der Waals surface area contributed by atoms with Crippen molar-refractivity contribution in [2.24, 2.45) is 17.8 Å². The van der Waals surface area contributed by atoms with Crippen molar-refractivity contribution in [3.8, 4) is 0 Å². The van der Waals surface area contributed by atoms with E-state index < -0.39 is 0 Å². The summed E-state index contributed by atoms with van der Waals surface area (Å²) in [7, 11) is 0. The highest BCUT2D eigenvalue weighted by molar-refractivity contribution is 9.10.